The van der Waals surface area contributed by atoms with Crippen molar-refractivity contribution in [1.82, 2.24) is 5.32 Å². The molecule has 94 valence electrons. The van der Waals surface area contributed by atoms with Crippen LogP contribution in [-0.2, 0) is 4.79 Å². The van der Waals surface area contributed by atoms with E-state index in [1.807, 2.05) is 18.2 Å². The molecule has 2 nitrogen and oxygen atoms in total. The van der Waals surface area contributed by atoms with Crippen molar-refractivity contribution in [2.75, 3.05) is 0 Å². The van der Waals surface area contributed by atoms with E-state index in [4.69, 9.17) is 6.42 Å². The van der Waals surface area contributed by atoms with Crippen LogP contribution in [0.25, 0.3) is 0 Å². The van der Waals surface area contributed by atoms with Crippen LogP contribution in [0.4, 0.5) is 0 Å². The van der Waals surface area contributed by atoms with Crippen molar-refractivity contribution in [3.8, 4) is 12.3 Å². The van der Waals surface area contributed by atoms with Crippen LogP contribution in [0, 0.1) is 18.3 Å². The van der Waals surface area contributed by atoms with E-state index in [0.717, 1.165) is 19.3 Å². The van der Waals surface area contributed by atoms with Gasteiger partial charge in [0, 0.05) is 5.92 Å². The Balaban J connectivity index is 1.88. The minimum absolute atomic E-state index is 0.111. The van der Waals surface area contributed by atoms with Crippen LogP contribution in [0.3, 0.4) is 0 Å². The van der Waals surface area contributed by atoms with Crippen LogP contribution in [0.5, 0.6) is 0 Å². The largest absolute Gasteiger partial charge is 0.342 e. The van der Waals surface area contributed by atoms with E-state index in [0.29, 0.717) is 5.92 Å². The maximum atomic E-state index is 12.0. The minimum Gasteiger partial charge on any atom is -0.342 e. The second kappa shape index (κ2) is 5.73. The van der Waals surface area contributed by atoms with Crippen molar-refractivity contribution in [3.63, 3.8) is 0 Å². The number of amides is 1. The molecule has 1 aromatic rings. The Morgan fingerprint density at radius 2 is 2.22 bits per heavy atom. The number of terminal acetylenes is 1. The Bertz CT molecular complexity index is 446. The highest BCUT2D eigenvalue weighted by molar-refractivity contribution is 5.83. The molecule has 3 unspecified atom stereocenters. The number of carbonyl (C=O) groups excluding carboxylic acids is 1. The predicted octanol–water partition coefficient (Wildman–Crippen LogP) is 2.71. The summed E-state index contributed by atoms with van der Waals surface area (Å²) in [5, 5.41) is 2.95. The van der Waals surface area contributed by atoms with Gasteiger partial charge in [-0.3, -0.25) is 4.79 Å². The third-order valence-electron chi connectivity index (χ3n) is 3.45. The first-order chi connectivity index (χ1) is 8.76. The molecule has 0 heterocycles. The molecule has 1 aromatic carbocycles. The standard InChI is InChI=1S/C16H19NO/c1-3-8-13(4-2)17-16(18)15-11-14(15)12-9-6-5-7-10-12/h2,5-7,9-10,13-15H,3,8,11H2,1H3,(H,17,18). The zero-order chi connectivity index (χ0) is 13.0. The molecule has 1 N–H and O–H groups in total. The van der Waals surface area contributed by atoms with Crippen LogP contribution in [0.1, 0.15) is 37.7 Å². The van der Waals surface area contributed by atoms with Gasteiger partial charge >= 0.3 is 0 Å². The van der Waals surface area contributed by atoms with Crippen LogP contribution in [0.2, 0.25) is 0 Å². The van der Waals surface area contributed by atoms with Crippen molar-refractivity contribution in [1.29, 1.82) is 0 Å². The van der Waals surface area contributed by atoms with E-state index < -0.39 is 0 Å². The minimum atomic E-state index is -0.112. The topological polar surface area (TPSA) is 29.1 Å². The molecule has 1 aliphatic rings. The quantitative estimate of drug-likeness (QED) is 0.789. The molecule has 3 atom stereocenters. The molecule has 0 radical (unpaired) electrons. The van der Waals surface area contributed by atoms with Gasteiger partial charge in [-0.25, -0.2) is 0 Å². The summed E-state index contributed by atoms with van der Waals surface area (Å²) >= 11 is 0. The van der Waals surface area contributed by atoms with Gasteiger partial charge in [0.1, 0.15) is 0 Å². The van der Waals surface area contributed by atoms with E-state index in [2.05, 4.69) is 30.3 Å². The average Bonchev–Trinajstić information content (AvgIpc) is 3.19. The van der Waals surface area contributed by atoms with Crippen LogP contribution >= 0.6 is 0 Å². The summed E-state index contributed by atoms with van der Waals surface area (Å²) in [6.45, 7) is 2.07. The molecule has 1 saturated carbocycles. The van der Waals surface area contributed by atoms with E-state index >= 15 is 0 Å². The van der Waals surface area contributed by atoms with E-state index in [-0.39, 0.29) is 17.9 Å². The number of benzene rings is 1. The lowest BCUT2D eigenvalue weighted by Gasteiger charge is -2.11. The Hall–Kier alpha value is -1.75. The molecule has 0 spiro atoms. The average molecular weight is 241 g/mol. The zero-order valence-electron chi connectivity index (χ0n) is 10.7. The molecule has 0 saturated heterocycles. The predicted molar refractivity (Wildman–Crippen MR) is 73.0 cm³/mol. The molecule has 0 aliphatic heterocycles. The smallest absolute Gasteiger partial charge is 0.224 e. The SMILES string of the molecule is C#CC(CCC)NC(=O)C1CC1c1ccccc1. The van der Waals surface area contributed by atoms with Crippen molar-refractivity contribution in [3.05, 3.63) is 35.9 Å². The highest BCUT2D eigenvalue weighted by atomic mass is 16.2. The van der Waals surface area contributed by atoms with Crippen LogP contribution < -0.4 is 5.32 Å². The highest BCUT2D eigenvalue weighted by Crippen LogP contribution is 2.47. The summed E-state index contributed by atoms with van der Waals surface area (Å²) in [5.41, 5.74) is 1.25. The van der Waals surface area contributed by atoms with Crippen molar-refractivity contribution >= 4 is 5.91 Å². The monoisotopic (exact) mass is 241 g/mol. The van der Waals surface area contributed by atoms with Crippen molar-refractivity contribution < 1.29 is 4.79 Å². The van der Waals surface area contributed by atoms with Gasteiger partial charge < -0.3 is 5.32 Å². The fourth-order valence-corrected chi connectivity index (χ4v) is 2.32. The lowest BCUT2D eigenvalue weighted by atomic mass is 10.1. The Labute approximate surface area is 109 Å². The maximum Gasteiger partial charge on any atom is 0.224 e. The fraction of sp³-hybridized carbons (Fsp3) is 0.438. The third-order valence-corrected chi connectivity index (χ3v) is 3.45. The van der Waals surface area contributed by atoms with Crippen LogP contribution in [0.15, 0.2) is 30.3 Å². The molecule has 0 aromatic heterocycles. The molecule has 2 heteroatoms. The third kappa shape index (κ3) is 2.92. The fourth-order valence-electron chi connectivity index (χ4n) is 2.32. The molecule has 1 fully saturated rings. The number of hydrogen-bond donors (Lipinski definition) is 1. The van der Waals surface area contributed by atoms with E-state index in [1.54, 1.807) is 0 Å². The first-order valence-electron chi connectivity index (χ1n) is 6.57. The number of hydrogen-bond acceptors (Lipinski definition) is 1. The second-order valence-corrected chi connectivity index (χ2v) is 4.88. The van der Waals surface area contributed by atoms with Gasteiger partial charge in [0.15, 0.2) is 0 Å². The van der Waals surface area contributed by atoms with E-state index in [9.17, 15) is 4.79 Å². The summed E-state index contributed by atoms with van der Waals surface area (Å²) in [6, 6.07) is 10.1. The number of carbonyl (C=O) groups is 1. The molecule has 18 heavy (non-hydrogen) atoms. The Morgan fingerprint density at radius 3 is 2.83 bits per heavy atom. The molecule has 0 bridgehead atoms. The molecular formula is C16H19NO. The van der Waals surface area contributed by atoms with E-state index in [1.165, 1.54) is 5.56 Å². The highest BCUT2D eigenvalue weighted by Gasteiger charge is 2.44. The van der Waals surface area contributed by atoms with Gasteiger partial charge in [0.2, 0.25) is 5.91 Å². The summed E-state index contributed by atoms with van der Waals surface area (Å²) in [5.74, 6) is 3.24. The lowest BCUT2D eigenvalue weighted by molar-refractivity contribution is -0.122. The summed E-state index contributed by atoms with van der Waals surface area (Å²) < 4.78 is 0. The summed E-state index contributed by atoms with van der Waals surface area (Å²) in [4.78, 5) is 12.0. The first kappa shape index (κ1) is 12.7. The van der Waals surface area contributed by atoms with Gasteiger partial charge in [0.05, 0.1) is 6.04 Å². The lowest BCUT2D eigenvalue weighted by Crippen LogP contribution is -2.35. The van der Waals surface area contributed by atoms with Gasteiger partial charge in [-0.15, -0.1) is 6.42 Å². The van der Waals surface area contributed by atoms with Crippen molar-refractivity contribution in [2.45, 2.75) is 38.1 Å². The summed E-state index contributed by atoms with van der Waals surface area (Å²) in [7, 11) is 0. The van der Waals surface area contributed by atoms with Gasteiger partial charge in [0.25, 0.3) is 0 Å². The summed E-state index contributed by atoms with van der Waals surface area (Å²) in [6.07, 6.45) is 8.19. The van der Waals surface area contributed by atoms with Gasteiger partial charge in [-0.1, -0.05) is 49.6 Å². The Kier molecular flexibility index (Phi) is 4.04. The van der Waals surface area contributed by atoms with Gasteiger partial charge in [-0.05, 0) is 24.3 Å². The van der Waals surface area contributed by atoms with Crippen molar-refractivity contribution in [2.24, 2.45) is 5.92 Å². The van der Waals surface area contributed by atoms with Crippen LogP contribution in [-0.4, -0.2) is 11.9 Å². The van der Waals surface area contributed by atoms with Gasteiger partial charge in [-0.2, -0.15) is 0 Å². The normalized spacial score (nSPS) is 22.9. The molecule has 2 rings (SSSR count). The maximum absolute atomic E-state index is 12.0. The zero-order valence-corrected chi connectivity index (χ0v) is 10.7. The number of rotatable bonds is 5. The Morgan fingerprint density at radius 1 is 1.50 bits per heavy atom. The molecule has 1 amide bonds. The molecule has 1 aliphatic carbocycles. The number of nitrogens with one attached hydrogen (secondary N) is 1. The molecular weight excluding hydrogens is 222 g/mol. The second-order valence-electron chi connectivity index (χ2n) is 4.88. The first-order valence-corrected chi connectivity index (χ1v) is 6.57.